The molecule has 0 aliphatic heterocycles. The molecule has 1 unspecified atom stereocenters. The topological polar surface area (TPSA) is 69.4 Å². The van der Waals surface area contributed by atoms with Crippen LogP contribution in [0, 0.1) is 5.92 Å². The summed E-state index contributed by atoms with van der Waals surface area (Å²) >= 11 is 0. The molecule has 0 aromatic heterocycles. The summed E-state index contributed by atoms with van der Waals surface area (Å²) in [5, 5.41) is 0. The first-order valence-corrected chi connectivity index (χ1v) is 3.44. The highest BCUT2D eigenvalue weighted by Gasteiger charge is 2.10. The third kappa shape index (κ3) is 4.36. The highest BCUT2D eigenvalue weighted by molar-refractivity contribution is 5.77. The number of carbonyl (C=O) groups is 2. The molecule has 0 aliphatic carbocycles. The van der Waals surface area contributed by atoms with Crippen LogP contribution in [0.3, 0.4) is 0 Å². The van der Waals surface area contributed by atoms with E-state index in [1.54, 1.807) is 6.92 Å². The van der Waals surface area contributed by atoms with Gasteiger partial charge in [-0.05, 0) is 6.42 Å². The van der Waals surface area contributed by atoms with Gasteiger partial charge < -0.3 is 10.5 Å². The molecule has 1 atom stereocenters. The second-order valence-electron chi connectivity index (χ2n) is 2.42. The predicted octanol–water partition coefficient (Wildman–Crippen LogP) is 0.0610. The number of esters is 1. The van der Waals surface area contributed by atoms with Crippen molar-refractivity contribution in [3.05, 3.63) is 0 Å². The van der Waals surface area contributed by atoms with Gasteiger partial charge in [-0.25, -0.2) is 0 Å². The Labute approximate surface area is 65.7 Å². The van der Waals surface area contributed by atoms with E-state index in [0.717, 1.165) is 0 Å². The van der Waals surface area contributed by atoms with Gasteiger partial charge in [-0.2, -0.15) is 0 Å². The van der Waals surface area contributed by atoms with Crippen molar-refractivity contribution in [1.82, 2.24) is 0 Å². The zero-order valence-corrected chi connectivity index (χ0v) is 6.79. The molecule has 0 spiro atoms. The number of ether oxygens (including phenoxy) is 1. The molecule has 4 heteroatoms. The molecule has 0 saturated heterocycles. The molecule has 4 nitrogen and oxygen atoms in total. The SMILES string of the molecule is COC(=O)CCC(C)C(N)=O. The van der Waals surface area contributed by atoms with Crippen molar-refractivity contribution < 1.29 is 14.3 Å². The Bertz CT molecular complexity index is 156. The second kappa shape index (κ2) is 4.71. The van der Waals surface area contributed by atoms with Crippen LogP contribution in [0.5, 0.6) is 0 Å². The second-order valence-corrected chi connectivity index (χ2v) is 2.42. The first-order chi connectivity index (χ1) is 5.07. The van der Waals surface area contributed by atoms with Crippen LogP contribution in [-0.4, -0.2) is 19.0 Å². The Morgan fingerprint density at radius 1 is 1.55 bits per heavy atom. The lowest BCUT2D eigenvalue weighted by Gasteiger charge is -2.04. The highest BCUT2D eigenvalue weighted by atomic mass is 16.5. The Morgan fingerprint density at radius 3 is 2.45 bits per heavy atom. The zero-order valence-electron chi connectivity index (χ0n) is 6.79. The van der Waals surface area contributed by atoms with Gasteiger partial charge in [0.1, 0.15) is 0 Å². The Morgan fingerprint density at radius 2 is 2.09 bits per heavy atom. The molecule has 0 radical (unpaired) electrons. The Hall–Kier alpha value is -1.06. The van der Waals surface area contributed by atoms with Crippen LogP contribution < -0.4 is 5.73 Å². The van der Waals surface area contributed by atoms with Gasteiger partial charge in [-0.1, -0.05) is 6.92 Å². The molecule has 0 saturated carbocycles. The van der Waals surface area contributed by atoms with E-state index in [4.69, 9.17) is 5.73 Å². The number of nitrogens with two attached hydrogens (primary N) is 1. The number of rotatable bonds is 4. The maximum absolute atomic E-state index is 10.6. The van der Waals surface area contributed by atoms with Crippen molar-refractivity contribution in [2.24, 2.45) is 11.7 Å². The molecule has 2 N–H and O–H groups in total. The molecule has 1 amide bonds. The van der Waals surface area contributed by atoms with Gasteiger partial charge >= 0.3 is 5.97 Å². The largest absolute Gasteiger partial charge is 0.469 e. The van der Waals surface area contributed by atoms with E-state index >= 15 is 0 Å². The van der Waals surface area contributed by atoms with E-state index in [0.29, 0.717) is 6.42 Å². The van der Waals surface area contributed by atoms with Gasteiger partial charge in [0.05, 0.1) is 7.11 Å². The summed E-state index contributed by atoms with van der Waals surface area (Å²) in [4.78, 5) is 21.0. The molecular formula is C7H13NO3. The third-order valence-electron chi connectivity index (χ3n) is 1.49. The van der Waals surface area contributed by atoms with Crippen molar-refractivity contribution in [3.63, 3.8) is 0 Å². The third-order valence-corrected chi connectivity index (χ3v) is 1.49. The first kappa shape index (κ1) is 9.94. The normalized spacial score (nSPS) is 12.2. The maximum Gasteiger partial charge on any atom is 0.305 e. The summed E-state index contributed by atoms with van der Waals surface area (Å²) in [5.74, 6) is -0.943. The predicted molar refractivity (Wildman–Crippen MR) is 39.6 cm³/mol. The summed E-state index contributed by atoms with van der Waals surface area (Å²) in [6, 6.07) is 0. The quantitative estimate of drug-likeness (QED) is 0.590. The van der Waals surface area contributed by atoms with Crippen LogP contribution in [0.25, 0.3) is 0 Å². The van der Waals surface area contributed by atoms with Crippen LogP contribution in [-0.2, 0) is 14.3 Å². The van der Waals surface area contributed by atoms with Crippen molar-refractivity contribution in [1.29, 1.82) is 0 Å². The van der Waals surface area contributed by atoms with Crippen LogP contribution in [0.15, 0.2) is 0 Å². The van der Waals surface area contributed by atoms with E-state index in [1.165, 1.54) is 7.11 Å². The fourth-order valence-electron chi connectivity index (χ4n) is 0.579. The molecule has 64 valence electrons. The average molecular weight is 159 g/mol. The number of amides is 1. The number of carbonyl (C=O) groups excluding carboxylic acids is 2. The Kier molecular flexibility index (Phi) is 4.26. The number of hydrogen-bond donors (Lipinski definition) is 1. The highest BCUT2D eigenvalue weighted by Crippen LogP contribution is 2.04. The van der Waals surface area contributed by atoms with Gasteiger partial charge in [-0.3, -0.25) is 9.59 Å². The van der Waals surface area contributed by atoms with Crippen molar-refractivity contribution in [2.75, 3.05) is 7.11 Å². The van der Waals surface area contributed by atoms with Crippen LogP contribution >= 0.6 is 0 Å². The summed E-state index contributed by atoms with van der Waals surface area (Å²) in [7, 11) is 1.32. The average Bonchev–Trinajstić information content (AvgIpc) is 1.99. The molecule has 0 rings (SSSR count). The molecule has 0 aromatic carbocycles. The zero-order chi connectivity index (χ0) is 8.85. The van der Waals surface area contributed by atoms with Crippen LogP contribution in [0.1, 0.15) is 19.8 Å². The van der Waals surface area contributed by atoms with Gasteiger partial charge in [0, 0.05) is 12.3 Å². The Balaban J connectivity index is 3.54. The lowest BCUT2D eigenvalue weighted by molar-refractivity contribution is -0.141. The molecular weight excluding hydrogens is 146 g/mol. The summed E-state index contributed by atoms with van der Waals surface area (Å²) in [6.07, 6.45) is 0.711. The number of primary amides is 1. The van der Waals surface area contributed by atoms with Gasteiger partial charge in [0.15, 0.2) is 0 Å². The number of hydrogen-bond acceptors (Lipinski definition) is 3. The van der Waals surface area contributed by atoms with Crippen molar-refractivity contribution in [2.45, 2.75) is 19.8 Å². The first-order valence-electron chi connectivity index (χ1n) is 3.44. The maximum atomic E-state index is 10.6. The minimum Gasteiger partial charge on any atom is -0.469 e. The standard InChI is InChI=1S/C7H13NO3/c1-5(7(8)10)3-4-6(9)11-2/h5H,3-4H2,1-2H3,(H2,8,10). The van der Waals surface area contributed by atoms with Crippen molar-refractivity contribution in [3.8, 4) is 0 Å². The van der Waals surface area contributed by atoms with Gasteiger partial charge in [-0.15, -0.1) is 0 Å². The van der Waals surface area contributed by atoms with Crippen LogP contribution in [0.4, 0.5) is 0 Å². The lowest BCUT2D eigenvalue weighted by Crippen LogP contribution is -2.21. The summed E-state index contributed by atoms with van der Waals surface area (Å²) < 4.78 is 4.39. The van der Waals surface area contributed by atoms with E-state index in [1.807, 2.05) is 0 Å². The lowest BCUT2D eigenvalue weighted by atomic mass is 10.1. The van der Waals surface area contributed by atoms with E-state index in [2.05, 4.69) is 4.74 Å². The van der Waals surface area contributed by atoms with Crippen LogP contribution in [0.2, 0.25) is 0 Å². The smallest absolute Gasteiger partial charge is 0.305 e. The number of methoxy groups -OCH3 is 1. The molecule has 0 heterocycles. The molecule has 11 heavy (non-hydrogen) atoms. The van der Waals surface area contributed by atoms with Gasteiger partial charge in [0.2, 0.25) is 5.91 Å². The minimum atomic E-state index is -0.381. The molecule has 0 bridgehead atoms. The summed E-state index contributed by atoms with van der Waals surface area (Å²) in [5.41, 5.74) is 4.97. The monoisotopic (exact) mass is 159 g/mol. The van der Waals surface area contributed by atoms with E-state index in [-0.39, 0.29) is 24.2 Å². The van der Waals surface area contributed by atoms with Gasteiger partial charge in [0.25, 0.3) is 0 Å². The minimum absolute atomic E-state index is 0.251. The van der Waals surface area contributed by atoms with E-state index < -0.39 is 0 Å². The fraction of sp³-hybridized carbons (Fsp3) is 0.714. The van der Waals surface area contributed by atoms with E-state index in [9.17, 15) is 9.59 Å². The molecule has 0 aliphatic rings. The van der Waals surface area contributed by atoms with Crippen molar-refractivity contribution >= 4 is 11.9 Å². The molecule has 0 aromatic rings. The fourth-order valence-corrected chi connectivity index (χ4v) is 0.579. The summed E-state index contributed by atoms with van der Waals surface area (Å²) in [6.45, 7) is 1.69. The molecule has 0 fully saturated rings.